The third kappa shape index (κ3) is 2.27. The maximum atomic E-state index is 12.0. The van der Waals surface area contributed by atoms with Crippen LogP contribution in [0.15, 0.2) is 36.4 Å². The van der Waals surface area contributed by atoms with Gasteiger partial charge in [0.2, 0.25) is 0 Å². The number of benzene rings is 1. The summed E-state index contributed by atoms with van der Waals surface area (Å²) in [6.07, 6.45) is 2.50. The first-order valence-corrected chi connectivity index (χ1v) is 6.44. The Bertz CT molecular complexity index is 573. The van der Waals surface area contributed by atoms with E-state index in [1.54, 1.807) is 0 Å². The summed E-state index contributed by atoms with van der Waals surface area (Å²) in [6, 6.07) is 12.0. The van der Waals surface area contributed by atoms with E-state index in [2.05, 4.69) is 10.3 Å². The van der Waals surface area contributed by atoms with E-state index >= 15 is 0 Å². The molecule has 18 heavy (non-hydrogen) atoms. The largest absolute Gasteiger partial charge is 0.307 e. The molecule has 0 spiro atoms. The Kier molecular flexibility index (Phi) is 3.07. The summed E-state index contributed by atoms with van der Waals surface area (Å²) in [4.78, 5) is 16.6. The summed E-state index contributed by atoms with van der Waals surface area (Å²) < 4.78 is 0. The van der Waals surface area contributed by atoms with Crippen LogP contribution >= 0.6 is 0 Å². The minimum absolute atomic E-state index is 0.0401. The number of carbonyl (C=O) groups is 1. The Hall–Kier alpha value is -1.74. The van der Waals surface area contributed by atoms with Crippen molar-refractivity contribution in [2.75, 3.05) is 6.54 Å². The standard InChI is InChI=1S/C15H16N2O/c18-15(14-6-3-9-16-14)10-12-8-7-11-4-1-2-5-13(11)17-12/h1-2,4-5,7-8,14,16H,3,6,9-10H2. The van der Waals surface area contributed by atoms with E-state index in [9.17, 15) is 4.79 Å². The van der Waals surface area contributed by atoms with Crippen molar-refractivity contribution in [1.82, 2.24) is 10.3 Å². The van der Waals surface area contributed by atoms with Crippen molar-refractivity contribution in [1.29, 1.82) is 0 Å². The number of aromatic nitrogens is 1. The summed E-state index contributed by atoms with van der Waals surface area (Å²) in [5.74, 6) is 0.260. The van der Waals surface area contributed by atoms with Gasteiger partial charge < -0.3 is 5.32 Å². The first-order chi connectivity index (χ1) is 8.83. The first kappa shape index (κ1) is 11.4. The number of nitrogens with zero attached hydrogens (tertiary/aromatic N) is 1. The van der Waals surface area contributed by atoms with Gasteiger partial charge in [-0.25, -0.2) is 0 Å². The lowest BCUT2D eigenvalue weighted by atomic mass is 10.1. The molecule has 92 valence electrons. The van der Waals surface area contributed by atoms with Gasteiger partial charge >= 0.3 is 0 Å². The number of ketones is 1. The van der Waals surface area contributed by atoms with Crippen LogP contribution in [0.1, 0.15) is 18.5 Å². The highest BCUT2D eigenvalue weighted by Gasteiger charge is 2.22. The van der Waals surface area contributed by atoms with Gasteiger partial charge in [-0.1, -0.05) is 24.3 Å². The second kappa shape index (κ2) is 4.86. The summed E-state index contributed by atoms with van der Waals surface area (Å²) in [5.41, 5.74) is 1.83. The van der Waals surface area contributed by atoms with Crippen LogP contribution in [0.5, 0.6) is 0 Å². The summed E-state index contributed by atoms with van der Waals surface area (Å²) in [6.45, 7) is 0.960. The SMILES string of the molecule is O=C(Cc1ccc2ccccc2n1)C1CCCN1. The minimum Gasteiger partial charge on any atom is -0.307 e. The number of hydrogen-bond acceptors (Lipinski definition) is 3. The van der Waals surface area contributed by atoms with Gasteiger partial charge in [0.05, 0.1) is 18.0 Å². The van der Waals surface area contributed by atoms with Crippen LogP contribution in [0.2, 0.25) is 0 Å². The molecule has 1 N–H and O–H groups in total. The normalized spacial score (nSPS) is 19.2. The third-order valence-corrected chi connectivity index (χ3v) is 3.46. The van der Waals surface area contributed by atoms with Crippen molar-refractivity contribution in [3.63, 3.8) is 0 Å². The van der Waals surface area contributed by atoms with Crippen LogP contribution in [-0.4, -0.2) is 23.4 Å². The van der Waals surface area contributed by atoms with Crippen molar-refractivity contribution in [2.24, 2.45) is 0 Å². The van der Waals surface area contributed by atoms with Gasteiger partial charge in [0.15, 0.2) is 5.78 Å². The fourth-order valence-electron chi connectivity index (χ4n) is 2.47. The van der Waals surface area contributed by atoms with Gasteiger partial charge in [0, 0.05) is 11.1 Å². The number of rotatable bonds is 3. The predicted octanol–water partition coefficient (Wildman–Crippen LogP) is 2.10. The quantitative estimate of drug-likeness (QED) is 0.893. The van der Waals surface area contributed by atoms with Crippen LogP contribution in [-0.2, 0) is 11.2 Å². The molecule has 3 rings (SSSR count). The van der Waals surface area contributed by atoms with Gasteiger partial charge in [0.25, 0.3) is 0 Å². The Balaban J connectivity index is 1.79. The Labute approximate surface area is 106 Å². The van der Waals surface area contributed by atoms with Crippen LogP contribution in [0.3, 0.4) is 0 Å². The molecule has 1 aliphatic rings. The topological polar surface area (TPSA) is 42.0 Å². The van der Waals surface area contributed by atoms with E-state index in [1.807, 2.05) is 36.4 Å². The van der Waals surface area contributed by atoms with Crippen molar-refractivity contribution in [3.05, 3.63) is 42.1 Å². The smallest absolute Gasteiger partial charge is 0.155 e. The summed E-state index contributed by atoms with van der Waals surface area (Å²) >= 11 is 0. The Morgan fingerprint density at radius 3 is 3.00 bits per heavy atom. The highest BCUT2D eigenvalue weighted by Crippen LogP contribution is 2.14. The van der Waals surface area contributed by atoms with Crippen molar-refractivity contribution in [2.45, 2.75) is 25.3 Å². The molecule has 2 heterocycles. The van der Waals surface area contributed by atoms with E-state index in [0.717, 1.165) is 36.0 Å². The van der Waals surface area contributed by atoms with Crippen molar-refractivity contribution < 1.29 is 4.79 Å². The van der Waals surface area contributed by atoms with E-state index in [4.69, 9.17) is 0 Å². The summed E-state index contributed by atoms with van der Waals surface area (Å²) in [7, 11) is 0. The lowest BCUT2D eigenvalue weighted by Crippen LogP contribution is -2.32. The lowest BCUT2D eigenvalue weighted by Gasteiger charge is -2.08. The molecule has 0 aliphatic carbocycles. The number of pyridine rings is 1. The van der Waals surface area contributed by atoms with Crippen molar-refractivity contribution >= 4 is 16.7 Å². The number of fused-ring (bicyclic) bond motifs is 1. The zero-order valence-corrected chi connectivity index (χ0v) is 10.2. The lowest BCUT2D eigenvalue weighted by molar-refractivity contribution is -0.120. The second-order valence-corrected chi connectivity index (χ2v) is 4.79. The van der Waals surface area contributed by atoms with Crippen LogP contribution in [0.25, 0.3) is 10.9 Å². The molecule has 1 unspecified atom stereocenters. The zero-order valence-electron chi connectivity index (χ0n) is 10.2. The van der Waals surface area contributed by atoms with Gasteiger partial charge in [-0.05, 0) is 31.5 Å². The molecule has 1 saturated heterocycles. The molecule has 3 nitrogen and oxygen atoms in total. The molecular weight excluding hydrogens is 224 g/mol. The monoisotopic (exact) mass is 240 g/mol. The molecule has 0 amide bonds. The van der Waals surface area contributed by atoms with Gasteiger partial charge in [-0.2, -0.15) is 0 Å². The molecule has 1 atom stereocenters. The Morgan fingerprint density at radius 2 is 2.17 bits per heavy atom. The van der Waals surface area contributed by atoms with Crippen LogP contribution < -0.4 is 5.32 Å². The highest BCUT2D eigenvalue weighted by molar-refractivity contribution is 5.87. The van der Waals surface area contributed by atoms with E-state index in [0.29, 0.717) is 6.42 Å². The van der Waals surface area contributed by atoms with E-state index in [1.165, 1.54) is 0 Å². The Morgan fingerprint density at radius 1 is 1.28 bits per heavy atom. The first-order valence-electron chi connectivity index (χ1n) is 6.44. The number of carbonyl (C=O) groups excluding carboxylic acids is 1. The predicted molar refractivity (Wildman–Crippen MR) is 71.5 cm³/mol. The maximum Gasteiger partial charge on any atom is 0.155 e. The third-order valence-electron chi connectivity index (χ3n) is 3.46. The van der Waals surface area contributed by atoms with Gasteiger partial charge in [0.1, 0.15) is 0 Å². The average Bonchev–Trinajstić information content (AvgIpc) is 2.92. The fraction of sp³-hybridized carbons (Fsp3) is 0.333. The summed E-state index contributed by atoms with van der Waals surface area (Å²) in [5, 5.41) is 4.35. The van der Waals surface area contributed by atoms with Crippen LogP contribution in [0, 0.1) is 0 Å². The van der Waals surface area contributed by atoms with Crippen LogP contribution in [0.4, 0.5) is 0 Å². The number of para-hydroxylation sites is 1. The maximum absolute atomic E-state index is 12.0. The van der Waals surface area contributed by atoms with Crippen molar-refractivity contribution in [3.8, 4) is 0 Å². The number of hydrogen-bond donors (Lipinski definition) is 1. The number of Topliss-reactive ketones (excluding diaryl/α,β-unsaturated/α-hetero) is 1. The molecule has 1 aromatic carbocycles. The highest BCUT2D eigenvalue weighted by atomic mass is 16.1. The van der Waals surface area contributed by atoms with Gasteiger partial charge in [-0.15, -0.1) is 0 Å². The molecule has 2 aromatic rings. The molecule has 0 bridgehead atoms. The zero-order chi connectivity index (χ0) is 12.4. The molecular formula is C15H16N2O. The average molecular weight is 240 g/mol. The van der Waals surface area contributed by atoms with E-state index < -0.39 is 0 Å². The molecule has 3 heteroatoms. The fourth-order valence-corrected chi connectivity index (χ4v) is 2.47. The minimum atomic E-state index is 0.0401. The van der Waals surface area contributed by atoms with Gasteiger partial charge in [-0.3, -0.25) is 9.78 Å². The molecule has 0 saturated carbocycles. The second-order valence-electron chi connectivity index (χ2n) is 4.79. The molecule has 0 radical (unpaired) electrons. The van der Waals surface area contributed by atoms with E-state index in [-0.39, 0.29) is 11.8 Å². The molecule has 1 fully saturated rings. The molecule has 1 aromatic heterocycles. The number of nitrogens with one attached hydrogen (secondary N) is 1. The molecule has 1 aliphatic heterocycles.